The largest absolute Gasteiger partial charge is 0.392 e. The first kappa shape index (κ1) is 7.29. The van der Waals surface area contributed by atoms with Crippen LogP contribution in [0.5, 0.6) is 0 Å². The summed E-state index contributed by atoms with van der Waals surface area (Å²) in [5.74, 6) is 0. The fourth-order valence-electron chi connectivity index (χ4n) is 0.763. The van der Waals surface area contributed by atoms with E-state index in [9.17, 15) is 0 Å². The predicted molar refractivity (Wildman–Crippen MR) is 39.3 cm³/mol. The number of rotatable bonds is 2. The molecule has 1 nitrogen and oxygen atoms in total. The SMILES string of the molecule is [C]Cc1ccc(CO)cc1. The minimum Gasteiger partial charge on any atom is -0.392 e. The van der Waals surface area contributed by atoms with Gasteiger partial charge in [0, 0.05) is 0 Å². The third-order valence-corrected chi connectivity index (χ3v) is 1.41. The van der Waals surface area contributed by atoms with Gasteiger partial charge in [0.2, 0.25) is 0 Å². The Bertz CT molecular complexity index is 165. The summed E-state index contributed by atoms with van der Waals surface area (Å²) in [7, 11) is 0. The molecule has 0 aliphatic carbocycles. The Labute approximate surface area is 61.3 Å². The molecule has 1 N–H and O–H groups in total. The predicted octanol–water partition coefficient (Wildman–Crippen LogP) is 1.31. The quantitative estimate of drug-likeness (QED) is 0.645. The Kier molecular flexibility index (Phi) is 2.46. The van der Waals surface area contributed by atoms with E-state index in [-0.39, 0.29) is 6.61 Å². The molecule has 10 heavy (non-hydrogen) atoms. The Hall–Kier alpha value is -0.820. The van der Waals surface area contributed by atoms with Crippen molar-refractivity contribution in [3.05, 3.63) is 42.3 Å². The summed E-state index contributed by atoms with van der Waals surface area (Å²) in [6, 6.07) is 7.39. The Morgan fingerprint density at radius 3 is 2.00 bits per heavy atom. The van der Waals surface area contributed by atoms with Gasteiger partial charge in [-0.15, -0.1) is 0 Å². The van der Waals surface area contributed by atoms with Gasteiger partial charge in [-0.3, -0.25) is 0 Å². The van der Waals surface area contributed by atoms with Gasteiger partial charge in [0.05, 0.1) is 6.61 Å². The standard InChI is InChI=1S/C9H9O/c1-2-8-3-5-9(7-10)6-4-8/h3-6,10H,2,7H2. The van der Waals surface area contributed by atoms with Gasteiger partial charge in [0.1, 0.15) is 0 Å². The van der Waals surface area contributed by atoms with Gasteiger partial charge in [0.15, 0.2) is 0 Å². The lowest BCUT2D eigenvalue weighted by Gasteiger charge is -1.96. The van der Waals surface area contributed by atoms with Crippen molar-refractivity contribution in [1.82, 2.24) is 0 Å². The third-order valence-electron chi connectivity index (χ3n) is 1.41. The maximum atomic E-state index is 8.65. The van der Waals surface area contributed by atoms with Gasteiger partial charge in [-0.2, -0.15) is 0 Å². The number of benzene rings is 1. The second-order valence-electron chi connectivity index (χ2n) is 2.15. The van der Waals surface area contributed by atoms with E-state index >= 15 is 0 Å². The second-order valence-corrected chi connectivity index (χ2v) is 2.15. The maximum Gasteiger partial charge on any atom is 0.0681 e. The van der Waals surface area contributed by atoms with Crippen LogP contribution >= 0.6 is 0 Å². The van der Waals surface area contributed by atoms with E-state index in [2.05, 4.69) is 0 Å². The van der Waals surface area contributed by atoms with E-state index in [1.54, 1.807) is 0 Å². The molecule has 0 aromatic heterocycles. The molecule has 0 bridgehead atoms. The van der Waals surface area contributed by atoms with Crippen molar-refractivity contribution in [3.63, 3.8) is 0 Å². The van der Waals surface area contributed by atoms with E-state index in [4.69, 9.17) is 12.0 Å². The highest BCUT2D eigenvalue weighted by Crippen LogP contribution is 2.03. The Morgan fingerprint density at radius 2 is 1.60 bits per heavy atom. The molecular weight excluding hydrogens is 124 g/mol. The fraction of sp³-hybridized carbons (Fsp3) is 0.222. The van der Waals surface area contributed by atoms with Crippen LogP contribution in [0.1, 0.15) is 11.1 Å². The van der Waals surface area contributed by atoms with Gasteiger partial charge in [0.25, 0.3) is 0 Å². The lowest BCUT2D eigenvalue weighted by molar-refractivity contribution is 0.282. The first-order valence-corrected chi connectivity index (χ1v) is 3.20. The van der Waals surface area contributed by atoms with Gasteiger partial charge in [-0.1, -0.05) is 24.3 Å². The van der Waals surface area contributed by atoms with Gasteiger partial charge >= 0.3 is 0 Å². The molecule has 0 saturated heterocycles. The second kappa shape index (κ2) is 3.37. The normalized spacial score (nSPS) is 9.80. The zero-order valence-electron chi connectivity index (χ0n) is 5.67. The van der Waals surface area contributed by atoms with Gasteiger partial charge in [-0.25, -0.2) is 0 Å². The zero-order chi connectivity index (χ0) is 7.40. The van der Waals surface area contributed by atoms with E-state index < -0.39 is 0 Å². The van der Waals surface area contributed by atoms with Crippen molar-refractivity contribution < 1.29 is 5.11 Å². The topological polar surface area (TPSA) is 20.2 Å². The van der Waals surface area contributed by atoms with Crippen molar-refractivity contribution in [2.45, 2.75) is 13.0 Å². The van der Waals surface area contributed by atoms with Crippen molar-refractivity contribution >= 4 is 0 Å². The number of hydrogen-bond acceptors (Lipinski definition) is 1. The average molecular weight is 133 g/mol. The molecule has 0 atom stereocenters. The summed E-state index contributed by atoms with van der Waals surface area (Å²) >= 11 is 0. The van der Waals surface area contributed by atoms with Crippen LogP contribution in [-0.4, -0.2) is 5.11 Å². The summed E-state index contributed by atoms with van der Waals surface area (Å²) in [5, 5.41) is 8.65. The van der Waals surface area contributed by atoms with Gasteiger partial charge in [-0.05, 0) is 24.5 Å². The fourth-order valence-corrected chi connectivity index (χ4v) is 0.763. The molecule has 51 valence electrons. The van der Waals surface area contributed by atoms with Crippen molar-refractivity contribution in [1.29, 1.82) is 0 Å². The minimum absolute atomic E-state index is 0.0816. The smallest absolute Gasteiger partial charge is 0.0681 e. The van der Waals surface area contributed by atoms with Crippen LogP contribution in [0.3, 0.4) is 0 Å². The number of aliphatic hydroxyl groups excluding tert-OH is 1. The van der Waals surface area contributed by atoms with Crippen molar-refractivity contribution in [2.24, 2.45) is 0 Å². The first-order chi connectivity index (χ1) is 4.86. The Balaban J connectivity index is 2.80. The van der Waals surface area contributed by atoms with E-state index in [1.807, 2.05) is 24.3 Å². The summed E-state index contributed by atoms with van der Waals surface area (Å²) in [6.07, 6.45) is 0.311. The highest BCUT2D eigenvalue weighted by atomic mass is 16.3. The van der Waals surface area contributed by atoms with Crippen LogP contribution in [-0.2, 0) is 13.0 Å². The Morgan fingerprint density at radius 1 is 1.10 bits per heavy atom. The third kappa shape index (κ3) is 1.58. The van der Waals surface area contributed by atoms with Crippen molar-refractivity contribution in [3.8, 4) is 0 Å². The van der Waals surface area contributed by atoms with E-state index in [0.29, 0.717) is 6.42 Å². The molecule has 3 radical (unpaired) electrons. The monoisotopic (exact) mass is 133 g/mol. The minimum atomic E-state index is 0.0816. The highest BCUT2D eigenvalue weighted by molar-refractivity contribution is 5.22. The molecule has 0 spiro atoms. The van der Waals surface area contributed by atoms with Crippen LogP contribution in [0.15, 0.2) is 24.3 Å². The van der Waals surface area contributed by atoms with Crippen LogP contribution in [0.25, 0.3) is 0 Å². The first-order valence-electron chi connectivity index (χ1n) is 3.20. The average Bonchev–Trinajstić information content (AvgIpc) is 2.05. The number of hydrogen-bond donors (Lipinski definition) is 1. The van der Waals surface area contributed by atoms with Gasteiger partial charge < -0.3 is 5.11 Å². The molecule has 1 aromatic rings. The lowest BCUT2D eigenvalue weighted by atomic mass is 10.1. The molecule has 0 heterocycles. The molecule has 1 rings (SSSR count). The van der Waals surface area contributed by atoms with Crippen molar-refractivity contribution in [2.75, 3.05) is 0 Å². The van der Waals surface area contributed by atoms with Crippen LogP contribution in [0, 0.1) is 6.92 Å². The maximum absolute atomic E-state index is 8.65. The molecular formula is C9H9O. The van der Waals surface area contributed by atoms with E-state index in [0.717, 1.165) is 11.1 Å². The molecule has 0 saturated carbocycles. The van der Waals surface area contributed by atoms with E-state index in [1.165, 1.54) is 0 Å². The molecule has 0 aliphatic heterocycles. The highest BCUT2D eigenvalue weighted by Gasteiger charge is 1.89. The molecule has 0 fully saturated rings. The van der Waals surface area contributed by atoms with Crippen LogP contribution in [0.2, 0.25) is 0 Å². The summed E-state index contributed by atoms with van der Waals surface area (Å²) in [6.45, 7) is 7.09. The lowest BCUT2D eigenvalue weighted by Crippen LogP contribution is -1.83. The summed E-state index contributed by atoms with van der Waals surface area (Å²) in [5.41, 5.74) is 1.88. The summed E-state index contributed by atoms with van der Waals surface area (Å²) in [4.78, 5) is 0. The molecule has 0 unspecified atom stereocenters. The molecule has 1 heteroatoms. The molecule has 1 aromatic carbocycles. The summed E-state index contributed by atoms with van der Waals surface area (Å²) < 4.78 is 0. The molecule has 0 aliphatic rings. The van der Waals surface area contributed by atoms with Crippen LogP contribution in [0.4, 0.5) is 0 Å². The molecule has 0 amide bonds. The van der Waals surface area contributed by atoms with Crippen LogP contribution < -0.4 is 0 Å². The zero-order valence-corrected chi connectivity index (χ0v) is 5.67. The number of aliphatic hydroxyl groups is 1.